The van der Waals surface area contributed by atoms with Crippen molar-refractivity contribution in [1.29, 1.82) is 0 Å². The Kier molecular flexibility index (Phi) is 3.40. The summed E-state index contributed by atoms with van der Waals surface area (Å²) in [5, 5.41) is 29.6. The van der Waals surface area contributed by atoms with E-state index in [9.17, 15) is 15.0 Å². The second-order valence-corrected chi connectivity index (χ2v) is 5.44. The number of nitrogens with zero attached hydrogens (tertiary/aromatic N) is 1. The van der Waals surface area contributed by atoms with E-state index in [2.05, 4.69) is 4.98 Å². The molecule has 0 bridgehead atoms. The molecule has 1 aromatic heterocycles. The Balaban J connectivity index is 2.29. The number of ether oxygens (including phenoxy) is 1. The molecule has 8 heteroatoms. The number of thiazole rings is 1. The molecule has 0 aliphatic carbocycles. The number of carbonyl (C=O) groups is 1. The van der Waals surface area contributed by atoms with Crippen molar-refractivity contribution in [2.24, 2.45) is 5.73 Å². The van der Waals surface area contributed by atoms with Gasteiger partial charge in [-0.05, 0) is 0 Å². The summed E-state index contributed by atoms with van der Waals surface area (Å²) in [6.45, 7) is -0.417. The van der Waals surface area contributed by atoms with Crippen LogP contribution in [0.15, 0.2) is 11.6 Å². The van der Waals surface area contributed by atoms with Crippen molar-refractivity contribution < 1.29 is 24.9 Å². The van der Waals surface area contributed by atoms with Crippen LogP contribution < -0.4 is 5.73 Å². The molecule has 5 atom stereocenters. The molecule has 1 aliphatic heterocycles. The lowest BCUT2D eigenvalue weighted by molar-refractivity contribution is -0.0228. The quantitative estimate of drug-likeness (QED) is 0.512. The van der Waals surface area contributed by atoms with Crippen molar-refractivity contribution in [3.05, 3.63) is 16.6 Å². The SMILES string of the molecule is NC(=O)[s+]1ccnc1[C@@H]1O[C@H](CO)[C@@H](O)[C@H]1O. The number of primary amides is 1. The Morgan fingerprint density at radius 2 is 2.24 bits per heavy atom. The minimum absolute atomic E-state index is 0.292. The lowest BCUT2D eigenvalue weighted by Crippen LogP contribution is -2.32. The van der Waals surface area contributed by atoms with Crippen LogP contribution in [0.2, 0.25) is 0 Å². The zero-order valence-electron chi connectivity index (χ0n) is 8.76. The predicted octanol–water partition coefficient (Wildman–Crippen LogP) is -1.09. The van der Waals surface area contributed by atoms with Crippen molar-refractivity contribution in [2.75, 3.05) is 6.61 Å². The third-order valence-corrected chi connectivity index (χ3v) is 4.24. The highest BCUT2D eigenvalue weighted by Gasteiger charge is 2.48. The van der Waals surface area contributed by atoms with Gasteiger partial charge in [0.2, 0.25) is 0 Å². The van der Waals surface area contributed by atoms with Crippen LogP contribution in [0.1, 0.15) is 11.1 Å². The van der Waals surface area contributed by atoms with Crippen LogP contribution in [0.25, 0.3) is 0 Å². The van der Waals surface area contributed by atoms with E-state index < -0.39 is 46.7 Å². The van der Waals surface area contributed by atoms with Crippen LogP contribution >= 0.6 is 10.5 Å². The van der Waals surface area contributed by atoms with E-state index in [4.69, 9.17) is 15.6 Å². The van der Waals surface area contributed by atoms with E-state index in [0.29, 0.717) is 5.01 Å². The Morgan fingerprint density at radius 3 is 2.76 bits per heavy atom. The van der Waals surface area contributed by atoms with Crippen LogP contribution in [-0.4, -0.2) is 50.5 Å². The van der Waals surface area contributed by atoms with Gasteiger partial charge in [0.15, 0.2) is 11.5 Å². The van der Waals surface area contributed by atoms with E-state index in [1.54, 1.807) is 0 Å². The first-order valence-electron chi connectivity index (χ1n) is 4.95. The molecule has 2 heterocycles. The number of hydrogen-bond donors (Lipinski definition) is 4. The number of hydrogen-bond acceptors (Lipinski definition) is 6. The number of nitrogens with two attached hydrogens (primary N) is 1. The lowest BCUT2D eigenvalue weighted by Gasteiger charge is -2.10. The highest BCUT2D eigenvalue weighted by Crippen LogP contribution is 2.38. The van der Waals surface area contributed by atoms with Crippen molar-refractivity contribution in [3.63, 3.8) is 0 Å². The first-order valence-corrected chi connectivity index (χ1v) is 6.24. The van der Waals surface area contributed by atoms with Gasteiger partial charge in [-0.2, -0.15) is 0 Å². The van der Waals surface area contributed by atoms with E-state index in [-0.39, 0.29) is 0 Å². The maximum Gasteiger partial charge on any atom is 0.455 e. The van der Waals surface area contributed by atoms with Gasteiger partial charge in [0.1, 0.15) is 18.3 Å². The summed E-state index contributed by atoms with van der Waals surface area (Å²) < 4.78 is 5.28. The van der Waals surface area contributed by atoms with Crippen LogP contribution in [0, 0.1) is 0 Å². The molecule has 1 saturated heterocycles. The maximum absolute atomic E-state index is 11.2. The zero-order valence-corrected chi connectivity index (χ0v) is 9.58. The van der Waals surface area contributed by atoms with Gasteiger partial charge in [0.25, 0.3) is 5.01 Å². The van der Waals surface area contributed by atoms with Crippen LogP contribution in [0.3, 0.4) is 0 Å². The number of aliphatic hydroxyl groups excluding tert-OH is 3. The minimum Gasteiger partial charge on any atom is -0.394 e. The van der Waals surface area contributed by atoms with E-state index >= 15 is 0 Å². The van der Waals surface area contributed by atoms with Crippen molar-refractivity contribution in [3.8, 4) is 0 Å². The zero-order chi connectivity index (χ0) is 12.6. The van der Waals surface area contributed by atoms with Crippen molar-refractivity contribution >= 4 is 15.7 Å². The Morgan fingerprint density at radius 1 is 1.53 bits per heavy atom. The Labute approximate surface area is 99.4 Å². The smallest absolute Gasteiger partial charge is 0.394 e. The Bertz CT molecular complexity index is 423. The molecular formula is C9H13N2O5S+. The van der Waals surface area contributed by atoms with Gasteiger partial charge in [-0.3, -0.25) is 0 Å². The fourth-order valence-corrected chi connectivity index (χ4v) is 3.05. The molecule has 1 fully saturated rings. The third kappa shape index (κ3) is 2.05. The van der Waals surface area contributed by atoms with Crippen LogP contribution in [0.4, 0.5) is 4.79 Å². The molecular weight excluding hydrogens is 248 g/mol. The largest absolute Gasteiger partial charge is 0.455 e. The molecule has 17 heavy (non-hydrogen) atoms. The molecule has 0 spiro atoms. The third-order valence-electron chi connectivity index (χ3n) is 2.63. The molecule has 5 N–H and O–H groups in total. The normalized spacial score (nSPS) is 33.9. The summed E-state index contributed by atoms with van der Waals surface area (Å²) >= 11 is 0. The number of amides is 1. The molecule has 7 nitrogen and oxygen atoms in total. The maximum atomic E-state index is 11.2. The van der Waals surface area contributed by atoms with Crippen LogP contribution in [-0.2, 0) is 4.74 Å². The topological polar surface area (TPSA) is 126 Å². The highest BCUT2D eigenvalue weighted by molar-refractivity contribution is 7.49. The fraction of sp³-hybridized carbons (Fsp3) is 0.556. The summed E-state index contributed by atoms with van der Waals surface area (Å²) in [6.07, 6.45) is -2.80. The van der Waals surface area contributed by atoms with E-state index in [1.165, 1.54) is 11.6 Å². The molecule has 94 valence electrons. The predicted molar refractivity (Wildman–Crippen MR) is 58.4 cm³/mol. The van der Waals surface area contributed by atoms with Crippen molar-refractivity contribution in [1.82, 2.24) is 4.98 Å². The molecule has 1 unspecified atom stereocenters. The standard InChI is InChI=1S/C9H12N2O5S/c10-9(15)17-2-1-11-8(17)7-6(14)5(13)4(3-12)16-7/h1-2,4-7,12-14H,3H2,(H-,10,15)/p+1/t4-,5-,6-,7-,17?/m1/s1. The second kappa shape index (κ2) is 4.67. The van der Waals surface area contributed by atoms with Crippen LogP contribution in [0.5, 0.6) is 0 Å². The fourth-order valence-electron chi connectivity index (χ4n) is 1.76. The molecule has 0 aromatic carbocycles. The molecule has 1 aromatic rings. The number of rotatable bonds is 3. The van der Waals surface area contributed by atoms with Gasteiger partial charge in [-0.15, -0.1) is 0 Å². The van der Waals surface area contributed by atoms with Crippen molar-refractivity contribution in [2.45, 2.75) is 24.4 Å². The number of aromatic nitrogens is 1. The summed E-state index contributed by atoms with van der Waals surface area (Å²) in [7, 11) is -1.03. The minimum atomic E-state index is -1.22. The highest BCUT2D eigenvalue weighted by atomic mass is 32.2. The van der Waals surface area contributed by atoms with Gasteiger partial charge in [0.05, 0.1) is 23.3 Å². The first-order chi connectivity index (χ1) is 8.06. The number of aliphatic hydroxyl groups is 3. The van der Waals surface area contributed by atoms with Gasteiger partial charge in [-0.1, -0.05) is 0 Å². The average Bonchev–Trinajstić information content (AvgIpc) is 2.86. The van der Waals surface area contributed by atoms with E-state index in [1.807, 2.05) is 0 Å². The summed E-state index contributed by atoms with van der Waals surface area (Å²) in [5.41, 5.74) is 5.20. The van der Waals surface area contributed by atoms with E-state index in [0.717, 1.165) is 0 Å². The number of carbonyl (C=O) groups excluding carboxylic acids is 1. The molecule has 0 radical (unpaired) electrons. The van der Waals surface area contributed by atoms with Gasteiger partial charge >= 0.3 is 5.24 Å². The first kappa shape index (κ1) is 12.4. The summed E-state index contributed by atoms with van der Waals surface area (Å²) in [5.74, 6) is 0. The van der Waals surface area contributed by atoms with Gasteiger partial charge in [0, 0.05) is 0 Å². The van der Waals surface area contributed by atoms with Gasteiger partial charge in [-0.25, -0.2) is 9.78 Å². The summed E-state index contributed by atoms with van der Waals surface area (Å²) in [6, 6.07) is 0. The summed E-state index contributed by atoms with van der Waals surface area (Å²) in [4.78, 5) is 15.1. The Hall–Kier alpha value is -1.06. The molecule has 1 amide bonds. The van der Waals surface area contributed by atoms with Gasteiger partial charge < -0.3 is 25.8 Å². The molecule has 1 aliphatic rings. The molecule has 2 rings (SSSR count). The monoisotopic (exact) mass is 261 g/mol. The molecule has 0 saturated carbocycles. The lowest BCUT2D eigenvalue weighted by atomic mass is 10.1. The second-order valence-electron chi connectivity index (χ2n) is 3.67. The average molecular weight is 261 g/mol.